The third kappa shape index (κ3) is 4.92. The van der Waals surface area contributed by atoms with Crippen LogP contribution in [-0.2, 0) is 28.6 Å². The summed E-state index contributed by atoms with van der Waals surface area (Å²) >= 11 is 0. The second-order valence-electron chi connectivity index (χ2n) is 3.61. The van der Waals surface area contributed by atoms with Gasteiger partial charge in [-0.15, -0.1) is 0 Å². The van der Waals surface area contributed by atoms with Gasteiger partial charge in [0.1, 0.15) is 12.2 Å². The monoisotopic (exact) mass is 258 g/mol. The Kier molecular flexibility index (Phi) is 3.75. The Morgan fingerprint density at radius 2 is 1.20 bits per heavy atom. The number of hydrogen-bond acceptors (Lipinski definition) is 6. The Hall–Kier alpha value is -0.180. The molecule has 1 aliphatic rings. The third-order valence-electron chi connectivity index (χ3n) is 1.99. The van der Waals surface area contributed by atoms with Crippen LogP contribution in [0, 0.1) is 0 Å². The lowest BCUT2D eigenvalue weighted by atomic mass is 10.3. The minimum atomic E-state index is -3.57. The Bertz CT molecular complexity index is 369. The summed E-state index contributed by atoms with van der Waals surface area (Å²) in [7, 11) is -7.14. The van der Waals surface area contributed by atoms with E-state index < -0.39 is 32.4 Å². The molecule has 90 valence electrons. The largest absolute Gasteiger partial charge is 0.264 e. The van der Waals surface area contributed by atoms with Gasteiger partial charge in [-0.05, 0) is 19.3 Å². The van der Waals surface area contributed by atoms with Crippen LogP contribution >= 0.6 is 0 Å². The van der Waals surface area contributed by atoms with Crippen LogP contribution in [0.1, 0.15) is 19.3 Å². The summed E-state index contributed by atoms with van der Waals surface area (Å²) in [6.07, 6.45) is 2.18. The quantitative estimate of drug-likeness (QED) is 0.652. The molecule has 0 aromatic heterocycles. The molecule has 0 saturated heterocycles. The first-order valence-electron chi connectivity index (χ1n) is 4.44. The zero-order valence-corrected chi connectivity index (χ0v) is 10.2. The van der Waals surface area contributed by atoms with Crippen molar-refractivity contribution in [2.75, 3.05) is 12.5 Å². The smallest absolute Gasteiger partial charge is 0.264 e. The first-order valence-corrected chi connectivity index (χ1v) is 8.07. The summed E-state index contributed by atoms with van der Waals surface area (Å²) in [6.45, 7) is 0. The second-order valence-corrected chi connectivity index (χ2v) is 6.81. The SMILES string of the molecule is CS(=O)(=O)OC1CCCC1OS(C)(=O)=O. The third-order valence-corrected chi connectivity index (χ3v) is 3.18. The van der Waals surface area contributed by atoms with Crippen LogP contribution in [0.15, 0.2) is 0 Å². The predicted molar refractivity (Wildman–Crippen MR) is 53.3 cm³/mol. The van der Waals surface area contributed by atoms with Gasteiger partial charge in [0.25, 0.3) is 20.2 Å². The van der Waals surface area contributed by atoms with E-state index in [1.165, 1.54) is 0 Å². The van der Waals surface area contributed by atoms with E-state index in [4.69, 9.17) is 8.37 Å². The van der Waals surface area contributed by atoms with Crippen LogP contribution in [-0.4, -0.2) is 41.6 Å². The van der Waals surface area contributed by atoms with E-state index in [1.54, 1.807) is 0 Å². The Labute approximate surface area is 89.8 Å². The molecule has 1 fully saturated rings. The Morgan fingerprint density at radius 3 is 1.47 bits per heavy atom. The van der Waals surface area contributed by atoms with Gasteiger partial charge in [0.2, 0.25) is 0 Å². The van der Waals surface area contributed by atoms with Crippen molar-refractivity contribution in [3.63, 3.8) is 0 Å². The number of hydrogen-bond donors (Lipinski definition) is 0. The lowest BCUT2D eigenvalue weighted by molar-refractivity contribution is 0.0887. The molecule has 0 amide bonds. The first-order chi connectivity index (χ1) is 6.67. The van der Waals surface area contributed by atoms with E-state index in [0.29, 0.717) is 19.3 Å². The molecule has 2 unspecified atom stereocenters. The van der Waals surface area contributed by atoms with Crippen molar-refractivity contribution in [2.45, 2.75) is 31.5 Å². The molecule has 6 nitrogen and oxygen atoms in total. The van der Waals surface area contributed by atoms with Crippen molar-refractivity contribution >= 4 is 20.2 Å². The molecule has 15 heavy (non-hydrogen) atoms. The van der Waals surface area contributed by atoms with Gasteiger partial charge in [0, 0.05) is 0 Å². The van der Waals surface area contributed by atoms with Crippen LogP contribution in [0.4, 0.5) is 0 Å². The zero-order valence-electron chi connectivity index (χ0n) is 8.54. The maximum absolute atomic E-state index is 10.9. The maximum Gasteiger partial charge on any atom is 0.264 e. The van der Waals surface area contributed by atoms with E-state index >= 15 is 0 Å². The fraction of sp³-hybridized carbons (Fsp3) is 1.00. The van der Waals surface area contributed by atoms with Crippen LogP contribution in [0.25, 0.3) is 0 Å². The van der Waals surface area contributed by atoms with E-state index in [-0.39, 0.29) is 0 Å². The fourth-order valence-corrected chi connectivity index (χ4v) is 2.90. The topological polar surface area (TPSA) is 86.7 Å². The second kappa shape index (κ2) is 4.36. The lowest BCUT2D eigenvalue weighted by Crippen LogP contribution is -2.30. The predicted octanol–water partition coefficient (Wildman–Crippen LogP) is -0.140. The molecule has 0 N–H and O–H groups in total. The van der Waals surface area contributed by atoms with Crippen LogP contribution in [0.5, 0.6) is 0 Å². The van der Waals surface area contributed by atoms with Crippen molar-refractivity contribution in [3.8, 4) is 0 Å². The molecule has 0 bridgehead atoms. The van der Waals surface area contributed by atoms with Gasteiger partial charge >= 0.3 is 0 Å². The molecule has 1 rings (SSSR count). The molecule has 1 aliphatic carbocycles. The van der Waals surface area contributed by atoms with Crippen molar-refractivity contribution in [1.29, 1.82) is 0 Å². The molecular weight excluding hydrogens is 244 g/mol. The summed E-state index contributed by atoms with van der Waals surface area (Å²) < 4.78 is 53.0. The lowest BCUT2D eigenvalue weighted by Gasteiger charge is -2.17. The Morgan fingerprint density at radius 1 is 0.867 bits per heavy atom. The summed E-state index contributed by atoms with van der Waals surface area (Å²) in [5, 5.41) is 0. The van der Waals surface area contributed by atoms with E-state index in [0.717, 1.165) is 12.5 Å². The minimum Gasteiger partial charge on any atom is -0.264 e. The van der Waals surface area contributed by atoms with Crippen molar-refractivity contribution in [3.05, 3.63) is 0 Å². The molecule has 0 spiro atoms. The van der Waals surface area contributed by atoms with E-state index in [2.05, 4.69) is 0 Å². The summed E-state index contributed by atoms with van der Waals surface area (Å²) in [5.41, 5.74) is 0. The highest BCUT2D eigenvalue weighted by Crippen LogP contribution is 2.27. The van der Waals surface area contributed by atoms with Gasteiger partial charge < -0.3 is 0 Å². The average molecular weight is 258 g/mol. The van der Waals surface area contributed by atoms with Gasteiger partial charge in [0.15, 0.2) is 0 Å². The van der Waals surface area contributed by atoms with Gasteiger partial charge in [-0.3, -0.25) is 8.37 Å². The van der Waals surface area contributed by atoms with Gasteiger partial charge in [0.05, 0.1) is 12.5 Å². The van der Waals surface area contributed by atoms with Gasteiger partial charge in [-0.1, -0.05) is 0 Å². The van der Waals surface area contributed by atoms with E-state index in [9.17, 15) is 16.8 Å². The molecule has 0 aliphatic heterocycles. The fourth-order valence-electron chi connectivity index (χ4n) is 1.56. The standard InChI is InChI=1S/C7H14O6S2/c1-14(8,9)12-6-4-3-5-7(6)13-15(2,10)11/h6-7H,3-5H2,1-2H3. The van der Waals surface area contributed by atoms with Gasteiger partial charge in [-0.2, -0.15) is 16.8 Å². The highest BCUT2D eigenvalue weighted by Gasteiger charge is 2.34. The zero-order chi connectivity index (χ0) is 11.7. The highest BCUT2D eigenvalue weighted by molar-refractivity contribution is 7.86. The maximum atomic E-state index is 10.9. The molecule has 8 heteroatoms. The van der Waals surface area contributed by atoms with Crippen molar-refractivity contribution < 1.29 is 25.2 Å². The molecule has 0 aromatic rings. The van der Waals surface area contributed by atoms with Crippen LogP contribution in [0.2, 0.25) is 0 Å². The Balaban J connectivity index is 2.66. The van der Waals surface area contributed by atoms with Crippen LogP contribution < -0.4 is 0 Å². The van der Waals surface area contributed by atoms with Crippen LogP contribution in [0.3, 0.4) is 0 Å². The van der Waals surface area contributed by atoms with Crippen molar-refractivity contribution in [1.82, 2.24) is 0 Å². The molecule has 0 aromatic carbocycles. The summed E-state index contributed by atoms with van der Waals surface area (Å²) in [6, 6.07) is 0. The summed E-state index contributed by atoms with van der Waals surface area (Å²) in [5.74, 6) is 0. The van der Waals surface area contributed by atoms with Crippen molar-refractivity contribution in [2.24, 2.45) is 0 Å². The number of rotatable bonds is 4. The molecule has 0 radical (unpaired) electrons. The highest BCUT2D eigenvalue weighted by atomic mass is 32.2. The molecule has 2 atom stereocenters. The summed E-state index contributed by atoms with van der Waals surface area (Å²) in [4.78, 5) is 0. The normalized spacial score (nSPS) is 28.1. The molecule has 1 saturated carbocycles. The first kappa shape index (κ1) is 12.9. The van der Waals surface area contributed by atoms with Gasteiger partial charge in [-0.25, -0.2) is 0 Å². The average Bonchev–Trinajstić information content (AvgIpc) is 2.29. The van der Waals surface area contributed by atoms with E-state index in [1.807, 2.05) is 0 Å². The molecular formula is C7H14O6S2. The minimum absolute atomic E-state index is 0.493. The molecule has 0 heterocycles.